The van der Waals surface area contributed by atoms with E-state index >= 15 is 0 Å². The molecule has 0 aromatic heterocycles. The van der Waals surface area contributed by atoms with Crippen LogP contribution in [0, 0.1) is 5.41 Å². The Balaban J connectivity index is 2.00. The number of allylic oxidation sites excluding steroid dienone is 1. The van der Waals surface area contributed by atoms with E-state index in [1.165, 1.54) is 61.6 Å². The van der Waals surface area contributed by atoms with E-state index in [9.17, 15) is 0 Å². The van der Waals surface area contributed by atoms with Crippen LogP contribution in [0.2, 0.25) is 0 Å². The van der Waals surface area contributed by atoms with E-state index < -0.39 is 0 Å². The van der Waals surface area contributed by atoms with Gasteiger partial charge in [-0.3, -0.25) is 0 Å². The van der Waals surface area contributed by atoms with E-state index in [4.69, 9.17) is 0 Å². The topological polar surface area (TPSA) is 0 Å². The predicted octanol–water partition coefficient (Wildman–Crippen LogP) is 5.71. The summed E-state index contributed by atoms with van der Waals surface area (Å²) in [7, 11) is 0. The van der Waals surface area contributed by atoms with Gasteiger partial charge in [0.1, 0.15) is 0 Å². The van der Waals surface area contributed by atoms with Crippen molar-refractivity contribution >= 4 is 0 Å². The highest BCUT2D eigenvalue weighted by Crippen LogP contribution is 2.45. The summed E-state index contributed by atoms with van der Waals surface area (Å²) in [6, 6.07) is 9.19. The molecule has 1 aromatic rings. The summed E-state index contributed by atoms with van der Waals surface area (Å²) in [6.45, 7) is 8.75. The second-order valence-electron chi connectivity index (χ2n) is 6.29. The van der Waals surface area contributed by atoms with Gasteiger partial charge in [0.25, 0.3) is 0 Å². The number of rotatable bonds is 5. The van der Waals surface area contributed by atoms with Crippen LogP contribution in [0.3, 0.4) is 0 Å². The van der Waals surface area contributed by atoms with Gasteiger partial charge in [0.05, 0.1) is 0 Å². The average Bonchev–Trinajstić information content (AvgIpc) is 2.46. The van der Waals surface area contributed by atoms with Crippen molar-refractivity contribution in [1.82, 2.24) is 0 Å². The van der Waals surface area contributed by atoms with Gasteiger partial charge in [-0.2, -0.15) is 0 Å². The maximum atomic E-state index is 4.29. The number of hydrogen-bond acceptors (Lipinski definition) is 0. The first-order valence-corrected chi connectivity index (χ1v) is 7.90. The fourth-order valence-corrected chi connectivity index (χ4v) is 3.44. The average molecular weight is 256 g/mol. The van der Waals surface area contributed by atoms with Crippen LogP contribution in [0.1, 0.15) is 63.5 Å². The van der Waals surface area contributed by atoms with Crippen LogP contribution in [-0.4, -0.2) is 0 Å². The first-order chi connectivity index (χ1) is 9.16. The largest absolute Gasteiger partial charge is 0.0996 e. The third-order valence-electron chi connectivity index (χ3n) is 5.04. The van der Waals surface area contributed by atoms with Gasteiger partial charge >= 0.3 is 0 Å². The molecule has 0 saturated heterocycles. The molecule has 1 saturated carbocycles. The van der Waals surface area contributed by atoms with Gasteiger partial charge in [0.15, 0.2) is 0 Å². The smallest absolute Gasteiger partial charge is 0.00904 e. The Morgan fingerprint density at radius 2 is 1.63 bits per heavy atom. The first kappa shape index (κ1) is 14.4. The lowest BCUT2D eigenvalue weighted by atomic mass is 9.67. The summed E-state index contributed by atoms with van der Waals surface area (Å²) >= 11 is 0. The summed E-state index contributed by atoms with van der Waals surface area (Å²) in [5.41, 5.74) is 4.78. The maximum Gasteiger partial charge on any atom is -0.00904 e. The van der Waals surface area contributed by atoms with Gasteiger partial charge in [0.2, 0.25) is 0 Å². The number of benzene rings is 1. The molecule has 0 unspecified atom stereocenters. The molecule has 1 aliphatic rings. The minimum Gasteiger partial charge on any atom is -0.0996 e. The van der Waals surface area contributed by atoms with Gasteiger partial charge in [-0.05, 0) is 55.6 Å². The highest BCUT2D eigenvalue weighted by molar-refractivity contribution is 5.23. The van der Waals surface area contributed by atoms with E-state index in [0.29, 0.717) is 5.41 Å². The molecule has 0 amide bonds. The summed E-state index contributed by atoms with van der Waals surface area (Å²) in [4.78, 5) is 0. The Morgan fingerprint density at radius 3 is 2.16 bits per heavy atom. The van der Waals surface area contributed by atoms with Crippen molar-refractivity contribution in [2.75, 3.05) is 0 Å². The number of aryl methyl sites for hydroxylation is 2. The zero-order valence-corrected chi connectivity index (χ0v) is 12.7. The van der Waals surface area contributed by atoms with Crippen molar-refractivity contribution in [1.29, 1.82) is 0 Å². The molecule has 1 aliphatic carbocycles. The van der Waals surface area contributed by atoms with Crippen LogP contribution in [0.25, 0.3) is 0 Å². The molecule has 19 heavy (non-hydrogen) atoms. The first-order valence-electron chi connectivity index (χ1n) is 7.90. The fourth-order valence-electron chi connectivity index (χ4n) is 3.44. The minimum absolute atomic E-state index is 0.432. The third kappa shape index (κ3) is 3.49. The van der Waals surface area contributed by atoms with E-state index in [1.807, 2.05) is 0 Å². The molecule has 0 heterocycles. The molecule has 2 rings (SSSR count). The highest BCUT2D eigenvalue weighted by Gasteiger charge is 2.32. The third-order valence-corrected chi connectivity index (χ3v) is 5.04. The maximum absolute atomic E-state index is 4.29. The minimum atomic E-state index is 0.432. The van der Waals surface area contributed by atoms with Crippen LogP contribution in [0.15, 0.2) is 36.4 Å². The summed E-state index contributed by atoms with van der Waals surface area (Å²) < 4.78 is 0. The quantitative estimate of drug-likeness (QED) is 0.592. The molecular weight excluding hydrogens is 228 g/mol. The Hall–Kier alpha value is -1.04. The normalized spacial score (nSPS) is 18.2. The molecule has 1 aromatic carbocycles. The van der Waals surface area contributed by atoms with Crippen molar-refractivity contribution in [3.05, 3.63) is 47.5 Å². The highest BCUT2D eigenvalue weighted by atomic mass is 14.4. The van der Waals surface area contributed by atoms with Gasteiger partial charge in [-0.15, -0.1) is 0 Å². The summed E-state index contributed by atoms with van der Waals surface area (Å²) in [5.74, 6) is 0. The van der Waals surface area contributed by atoms with Crippen molar-refractivity contribution in [3.63, 3.8) is 0 Å². The molecular formula is C19H28. The molecule has 0 heteroatoms. The molecule has 0 atom stereocenters. The van der Waals surface area contributed by atoms with E-state index in [2.05, 4.69) is 44.7 Å². The fraction of sp³-hybridized carbons (Fsp3) is 0.579. The second-order valence-corrected chi connectivity index (χ2v) is 6.29. The lowest BCUT2D eigenvalue weighted by molar-refractivity contribution is 0.222. The Bertz CT molecular complexity index is 404. The summed E-state index contributed by atoms with van der Waals surface area (Å²) in [5, 5.41) is 0. The van der Waals surface area contributed by atoms with Crippen molar-refractivity contribution in [2.24, 2.45) is 5.41 Å². The monoisotopic (exact) mass is 256 g/mol. The van der Waals surface area contributed by atoms with E-state index in [-0.39, 0.29) is 0 Å². The molecule has 0 aliphatic heterocycles. The zero-order chi connectivity index (χ0) is 13.7. The molecule has 0 radical (unpaired) electrons. The Kier molecular flexibility index (Phi) is 4.85. The van der Waals surface area contributed by atoms with Gasteiger partial charge in [0, 0.05) is 0 Å². The van der Waals surface area contributed by atoms with Gasteiger partial charge in [-0.25, -0.2) is 0 Å². The van der Waals surface area contributed by atoms with Crippen LogP contribution >= 0.6 is 0 Å². The Morgan fingerprint density at radius 1 is 1.05 bits per heavy atom. The zero-order valence-electron chi connectivity index (χ0n) is 12.7. The van der Waals surface area contributed by atoms with E-state index in [1.54, 1.807) is 0 Å². The summed E-state index contributed by atoms with van der Waals surface area (Å²) in [6.07, 6.45) is 10.5. The van der Waals surface area contributed by atoms with Gasteiger partial charge < -0.3 is 0 Å². The van der Waals surface area contributed by atoms with E-state index in [0.717, 1.165) is 6.42 Å². The van der Waals surface area contributed by atoms with Crippen molar-refractivity contribution < 1.29 is 0 Å². The molecule has 0 spiro atoms. The SMILES string of the molecule is C=C(C)C1(CCc2ccc(CC)cc2)CCCCC1. The molecule has 0 N–H and O–H groups in total. The van der Waals surface area contributed by atoms with Gasteiger partial charge in [-0.1, -0.05) is 62.6 Å². The molecule has 1 fully saturated rings. The molecule has 0 nitrogen and oxygen atoms in total. The Labute approximate surface area is 118 Å². The van der Waals surface area contributed by atoms with Crippen molar-refractivity contribution in [2.45, 2.75) is 65.2 Å². The lowest BCUT2D eigenvalue weighted by Gasteiger charge is -2.38. The van der Waals surface area contributed by atoms with Crippen LogP contribution < -0.4 is 0 Å². The standard InChI is InChI=1S/C19H28/c1-4-17-8-10-18(11-9-17)12-15-19(16(2)3)13-6-5-7-14-19/h8-11H,2,4-7,12-15H2,1,3H3. The molecule has 0 bridgehead atoms. The predicted molar refractivity (Wildman–Crippen MR) is 84.5 cm³/mol. The second kappa shape index (κ2) is 6.41. The van der Waals surface area contributed by atoms with Crippen LogP contribution in [0.5, 0.6) is 0 Å². The van der Waals surface area contributed by atoms with Crippen LogP contribution in [-0.2, 0) is 12.8 Å². The van der Waals surface area contributed by atoms with Crippen LogP contribution in [0.4, 0.5) is 0 Å². The lowest BCUT2D eigenvalue weighted by Crippen LogP contribution is -2.25. The van der Waals surface area contributed by atoms with Crippen molar-refractivity contribution in [3.8, 4) is 0 Å². The number of hydrogen-bond donors (Lipinski definition) is 0. The molecule has 104 valence electrons.